The normalized spacial score (nSPS) is 19.0. The first-order chi connectivity index (χ1) is 19.9. The van der Waals surface area contributed by atoms with Crippen LogP contribution in [0.4, 0.5) is 9.18 Å². The smallest absolute Gasteiger partial charge is 0.318 e. The van der Waals surface area contributed by atoms with E-state index in [9.17, 15) is 14.0 Å². The Kier molecular flexibility index (Phi) is 10.3. The molecule has 0 radical (unpaired) electrons. The molecular weight excluding hydrogens is 566 g/mol. The van der Waals surface area contributed by atoms with Gasteiger partial charge in [0, 0.05) is 49.2 Å². The van der Waals surface area contributed by atoms with Crippen molar-refractivity contribution in [2.24, 2.45) is 0 Å². The van der Waals surface area contributed by atoms with Crippen LogP contribution in [0.3, 0.4) is 0 Å². The standard InChI is InChI=1S/C31H39Cl2FN4O3/c32-24-6-5-23(27(34)20-24)19-28(35-31(40)38-13-3-4-14-38)30(39)37-15-9-22(10-16-37)26-8-7-25(33)21-29(26)41-18-17-36-11-1-2-12-36/h5-8,20-22,28H,1-4,9-19H2,(H,35,40)/t28-/m1/s1. The molecule has 2 aromatic carbocycles. The second-order valence-electron chi connectivity index (χ2n) is 11.3. The van der Waals surface area contributed by atoms with E-state index in [1.54, 1.807) is 21.9 Å². The van der Waals surface area contributed by atoms with Gasteiger partial charge in [-0.3, -0.25) is 9.69 Å². The van der Waals surface area contributed by atoms with Crippen molar-refractivity contribution < 1.29 is 18.7 Å². The second kappa shape index (κ2) is 14.1. The molecule has 3 heterocycles. The SMILES string of the molecule is O=C(N[C@H](Cc1ccc(Cl)cc1F)C(=O)N1CCC(c2ccc(Cl)cc2OCCN2CCCC2)CC1)N1CCCC1. The molecule has 0 bridgehead atoms. The number of ether oxygens (including phenoxy) is 1. The Morgan fingerprint density at radius 3 is 2.27 bits per heavy atom. The minimum atomic E-state index is -0.865. The summed E-state index contributed by atoms with van der Waals surface area (Å²) in [6, 6.07) is 9.11. The third-order valence-electron chi connectivity index (χ3n) is 8.51. The number of rotatable bonds is 9. The molecule has 0 aliphatic carbocycles. The molecule has 0 saturated carbocycles. The summed E-state index contributed by atoms with van der Waals surface area (Å²) in [5, 5.41) is 3.84. The summed E-state index contributed by atoms with van der Waals surface area (Å²) >= 11 is 12.3. The number of likely N-dealkylation sites (tertiary alicyclic amines) is 3. The molecule has 3 saturated heterocycles. The fraction of sp³-hybridized carbons (Fsp3) is 0.548. The highest BCUT2D eigenvalue weighted by atomic mass is 35.5. The molecule has 5 rings (SSSR count). The summed E-state index contributed by atoms with van der Waals surface area (Å²) in [7, 11) is 0. The van der Waals surface area contributed by atoms with Gasteiger partial charge in [-0.05, 0) is 92.9 Å². The Balaban J connectivity index is 1.23. The van der Waals surface area contributed by atoms with Crippen molar-refractivity contribution in [1.29, 1.82) is 0 Å². The number of nitrogens with zero attached hydrogens (tertiary/aromatic N) is 3. The lowest BCUT2D eigenvalue weighted by Crippen LogP contribution is -2.54. The lowest BCUT2D eigenvalue weighted by molar-refractivity contribution is -0.134. The van der Waals surface area contributed by atoms with E-state index in [1.807, 2.05) is 18.2 Å². The van der Waals surface area contributed by atoms with E-state index in [4.69, 9.17) is 27.9 Å². The van der Waals surface area contributed by atoms with E-state index in [1.165, 1.54) is 18.9 Å². The molecule has 0 spiro atoms. The molecule has 1 N–H and O–H groups in total. The van der Waals surface area contributed by atoms with Crippen molar-refractivity contribution in [3.63, 3.8) is 0 Å². The maximum absolute atomic E-state index is 14.7. The van der Waals surface area contributed by atoms with Crippen LogP contribution in [0.25, 0.3) is 0 Å². The molecule has 10 heteroatoms. The Morgan fingerprint density at radius 2 is 1.56 bits per heavy atom. The summed E-state index contributed by atoms with van der Waals surface area (Å²) in [5.74, 6) is 0.368. The zero-order valence-electron chi connectivity index (χ0n) is 23.4. The number of nitrogens with one attached hydrogen (secondary N) is 1. The molecule has 41 heavy (non-hydrogen) atoms. The maximum Gasteiger partial charge on any atom is 0.318 e. The van der Waals surface area contributed by atoms with Gasteiger partial charge in [0.2, 0.25) is 5.91 Å². The number of benzene rings is 2. The van der Waals surface area contributed by atoms with Crippen molar-refractivity contribution in [2.75, 3.05) is 52.4 Å². The number of hydrogen-bond donors (Lipinski definition) is 1. The summed E-state index contributed by atoms with van der Waals surface area (Å²) in [6.07, 6.45) is 5.97. The third-order valence-corrected chi connectivity index (χ3v) is 8.98. The Hall–Kier alpha value is -2.55. The van der Waals surface area contributed by atoms with Crippen molar-refractivity contribution in [3.05, 3.63) is 63.4 Å². The van der Waals surface area contributed by atoms with Gasteiger partial charge in [-0.2, -0.15) is 0 Å². The molecule has 2 aromatic rings. The van der Waals surface area contributed by atoms with E-state index >= 15 is 0 Å². The van der Waals surface area contributed by atoms with Gasteiger partial charge in [0.15, 0.2) is 0 Å². The Bertz CT molecular complexity index is 1210. The molecule has 3 fully saturated rings. The van der Waals surface area contributed by atoms with Crippen LogP contribution >= 0.6 is 23.2 Å². The number of piperidine rings is 1. The van der Waals surface area contributed by atoms with Gasteiger partial charge in [-0.25, -0.2) is 9.18 Å². The number of carbonyl (C=O) groups excluding carboxylic acids is 2. The van der Waals surface area contributed by atoms with Crippen molar-refractivity contribution in [3.8, 4) is 5.75 Å². The second-order valence-corrected chi connectivity index (χ2v) is 12.2. The zero-order valence-corrected chi connectivity index (χ0v) is 24.9. The highest BCUT2D eigenvalue weighted by molar-refractivity contribution is 6.31. The average Bonchev–Trinajstić information content (AvgIpc) is 3.69. The van der Waals surface area contributed by atoms with Gasteiger partial charge in [0.05, 0.1) is 0 Å². The summed E-state index contributed by atoms with van der Waals surface area (Å²) in [4.78, 5) is 32.6. The zero-order chi connectivity index (χ0) is 28.8. The molecular formula is C31H39Cl2FN4O3. The predicted molar refractivity (Wildman–Crippen MR) is 159 cm³/mol. The van der Waals surface area contributed by atoms with Crippen LogP contribution in [0.15, 0.2) is 36.4 Å². The highest BCUT2D eigenvalue weighted by Crippen LogP contribution is 2.36. The van der Waals surface area contributed by atoms with Crippen molar-refractivity contribution in [2.45, 2.75) is 56.9 Å². The van der Waals surface area contributed by atoms with E-state index in [0.717, 1.165) is 56.6 Å². The number of carbonyl (C=O) groups is 2. The first-order valence-electron chi connectivity index (χ1n) is 14.8. The van der Waals surface area contributed by atoms with Crippen LogP contribution in [-0.4, -0.2) is 85.1 Å². The van der Waals surface area contributed by atoms with Gasteiger partial charge in [-0.1, -0.05) is 35.3 Å². The number of urea groups is 1. The Labute approximate surface area is 251 Å². The van der Waals surface area contributed by atoms with Crippen LogP contribution in [0.5, 0.6) is 5.75 Å². The summed E-state index contributed by atoms with van der Waals surface area (Å²) < 4.78 is 20.9. The van der Waals surface area contributed by atoms with Gasteiger partial charge in [0.25, 0.3) is 0 Å². The Morgan fingerprint density at radius 1 is 0.902 bits per heavy atom. The number of halogens is 3. The largest absolute Gasteiger partial charge is 0.492 e. The van der Waals surface area contributed by atoms with Gasteiger partial charge in [0.1, 0.15) is 24.2 Å². The average molecular weight is 606 g/mol. The topological polar surface area (TPSA) is 65.1 Å². The number of hydrogen-bond acceptors (Lipinski definition) is 4. The van der Waals surface area contributed by atoms with Gasteiger partial charge >= 0.3 is 6.03 Å². The first-order valence-corrected chi connectivity index (χ1v) is 15.6. The monoisotopic (exact) mass is 604 g/mol. The van der Waals surface area contributed by atoms with E-state index in [2.05, 4.69) is 10.2 Å². The lowest BCUT2D eigenvalue weighted by Gasteiger charge is -2.35. The third kappa shape index (κ3) is 7.85. The lowest BCUT2D eigenvalue weighted by atomic mass is 9.88. The minimum Gasteiger partial charge on any atom is -0.492 e. The van der Waals surface area contributed by atoms with Gasteiger partial charge in [-0.15, -0.1) is 0 Å². The van der Waals surface area contributed by atoms with Crippen LogP contribution in [0.1, 0.15) is 55.6 Å². The van der Waals surface area contributed by atoms with Crippen LogP contribution in [-0.2, 0) is 11.2 Å². The van der Waals surface area contributed by atoms with E-state index < -0.39 is 11.9 Å². The number of amides is 3. The van der Waals surface area contributed by atoms with Crippen LogP contribution in [0, 0.1) is 5.82 Å². The molecule has 1 atom stereocenters. The van der Waals surface area contributed by atoms with E-state index in [-0.39, 0.29) is 24.3 Å². The van der Waals surface area contributed by atoms with Gasteiger partial charge < -0.3 is 19.9 Å². The maximum atomic E-state index is 14.7. The van der Waals surface area contributed by atoms with E-state index in [0.29, 0.717) is 48.4 Å². The fourth-order valence-electron chi connectivity index (χ4n) is 6.16. The van der Waals surface area contributed by atoms with Crippen molar-refractivity contribution in [1.82, 2.24) is 20.0 Å². The molecule has 3 amide bonds. The first kappa shape index (κ1) is 29.9. The quantitative estimate of drug-likeness (QED) is 0.397. The minimum absolute atomic E-state index is 0.0630. The molecule has 222 valence electrons. The fourth-order valence-corrected chi connectivity index (χ4v) is 6.48. The molecule has 7 nitrogen and oxygen atoms in total. The highest BCUT2D eigenvalue weighted by Gasteiger charge is 2.33. The molecule has 0 aromatic heterocycles. The summed E-state index contributed by atoms with van der Waals surface area (Å²) in [6.45, 7) is 6.18. The molecule has 3 aliphatic heterocycles. The molecule has 0 unspecified atom stereocenters. The van der Waals surface area contributed by atoms with Crippen LogP contribution < -0.4 is 10.1 Å². The summed E-state index contributed by atoms with van der Waals surface area (Å²) in [5.41, 5.74) is 1.46. The molecule has 3 aliphatic rings. The van der Waals surface area contributed by atoms with Crippen molar-refractivity contribution >= 4 is 35.1 Å². The van der Waals surface area contributed by atoms with Crippen LogP contribution in [0.2, 0.25) is 10.0 Å². The predicted octanol–water partition coefficient (Wildman–Crippen LogP) is 5.73.